The third kappa shape index (κ3) is 18.7. The molecule has 0 unspecified atom stereocenters. The maximum Gasteiger partial charge on any atom is 0.309 e. The molecule has 18 atom stereocenters. The van der Waals surface area contributed by atoms with E-state index in [1.807, 2.05) is 58.8 Å². The Morgan fingerprint density at radius 3 is 1.90 bits per heavy atom. The predicted octanol–water partition coefficient (Wildman–Crippen LogP) is 10.2. The summed E-state index contributed by atoms with van der Waals surface area (Å²) in [6.45, 7) is 17.9. The fraction of sp³-hybridized carbons (Fsp3) is 0.797. The number of benzene rings is 2. The number of amides is 1. The molecular formula is C69H114F2N2O13P+. The second-order valence-corrected chi connectivity index (χ2v) is 31.8. The number of unbranched alkanes of at least 4 members (excludes halogenated alkanes) is 8. The molecule has 3 heterocycles. The number of aliphatic hydroxyl groups is 5. The molecule has 0 aromatic heterocycles. The Hall–Kier alpha value is -2.77. The summed E-state index contributed by atoms with van der Waals surface area (Å²) < 4.78 is 67.0. The van der Waals surface area contributed by atoms with Crippen LogP contribution in [0.25, 0.3) is 0 Å². The molecule has 1 aliphatic carbocycles. The van der Waals surface area contributed by atoms with Crippen molar-refractivity contribution in [2.75, 3.05) is 47.1 Å². The van der Waals surface area contributed by atoms with Crippen molar-refractivity contribution < 1.29 is 72.3 Å². The summed E-state index contributed by atoms with van der Waals surface area (Å²) in [6, 6.07) is 20.1. The molecule has 87 heavy (non-hydrogen) atoms. The number of alkyl halides is 2. The number of nitrogens with zero attached hydrogens (tertiary/aromatic N) is 2. The van der Waals surface area contributed by atoms with Crippen molar-refractivity contribution in [3.05, 3.63) is 60.7 Å². The highest BCUT2D eigenvalue weighted by molar-refractivity contribution is 7.90. The Balaban J connectivity index is 1.13. The quantitative estimate of drug-likeness (QED) is 0.0378. The molecule has 18 heteroatoms. The summed E-state index contributed by atoms with van der Waals surface area (Å²) in [5.41, 5.74) is -4.31. The van der Waals surface area contributed by atoms with Gasteiger partial charge in [-0.25, -0.2) is 8.78 Å². The van der Waals surface area contributed by atoms with E-state index in [1.54, 1.807) is 46.6 Å². The van der Waals surface area contributed by atoms with Gasteiger partial charge in [0, 0.05) is 51.3 Å². The summed E-state index contributed by atoms with van der Waals surface area (Å²) in [7, 11) is 3.36. The van der Waals surface area contributed by atoms with Gasteiger partial charge in [-0.1, -0.05) is 103 Å². The highest BCUT2D eigenvalue weighted by Crippen LogP contribution is 2.65. The van der Waals surface area contributed by atoms with Gasteiger partial charge in [0.25, 0.3) is 0 Å². The lowest BCUT2D eigenvalue weighted by Gasteiger charge is -2.47. The van der Waals surface area contributed by atoms with E-state index in [4.69, 9.17) is 28.4 Å². The number of hydrogen-bond acceptors (Lipinski definition) is 14. The standard InChI is InChI=1S/C69H114F2N2O13P/c1-14-58-68(10,80)61(76)50(6)73(59(74)34-28-20-18-16-15-17-19-21-29-39-87(53-30-24-22-25-31-53,54-32-26-23-27-33-54)55-35-37-69(70,71)38-36-55)43-46(2)41-66(8,79)63(86-65-60(75)57(72(11)12)40-47(3)83-65)48(4)56(49(5)64(78)85-58)45-82-44-52-42-67(9,81-13)62(77)51(7)84-52/h22-27,30-33,46-52,55-58,60-63,65,75-77,79-80H,14-21,28-29,34-45H2,1-13H3/q+1/t46-,47-,48+,49-,50-,51+,52-,56+,57+,58-,60-,61-,62+,63-,65+,66-,67-,68-/m1/s1. The van der Waals surface area contributed by atoms with Crippen LogP contribution in [0, 0.1) is 23.7 Å². The molecule has 2 aromatic rings. The first kappa shape index (κ1) is 73.3. The predicted molar refractivity (Wildman–Crippen MR) is 340 cm³/mol. The van der Waals surface area contributed by atoms with Crippen molar-refractivity contribution in [2.45, 2.75) is 280 Å². The SMILES string of the molecule is CC[C@H]1OC(=O)[C@H](C)[C@@H](COC[C@H]2C[C@@](C)(OC)[C@@H](O)[C@H](C)O2)[C@H](C)[C@@H](O[C@@H]2O[C@H](C)C[C@H](N(C)C)[C@H]2O)[C@](C)(O)C[C@@H](C)CN(C(=O)CCCCCCCCCCC[P+](c2ccccc2)(c2ccccc2)C2CCC(F)(F)CC2)[C@H](C)[C@@H](O)[C@]1(C)O. The van der Waals surface area contributed by atoms with Gasteiger partial charge in [0.15, 0.2) is 6.29 Å². The zero-order valence-electron chi connectivity index (χ0n) is 55.2. The first-order valence-electron chi connectivity index (χ1n) is 33.1. The van der Waals surface area contributed by atoms with Crippen molar-refractivity contribution in [1.82, 2.24) is 9.80 Å². The topological polar surface area (TPSA) is 197 Å². The Labute approximate surface area is 521 Å². The van der Waals surface area contributed by atoms with Gasteiger partial charge in [-0.3, -0.25) is 9.59 Å². The maximum atomic E-state index is 14.7. The van der Waals surface area contributed by atoms with Gasteiger partial charge >= 0.3 is 5.97 Å². The maximum absolute atomic E-state index is 14.7. The summed E-state index contributed by atoms with van der Waals surface area (Å²) in [4.78, 5) is 32.9. The zero-order chi connectivity index (χ0) is 64.1. The molecule has 0 spiro atoms. The number of esters is 1. The van der Waals surface area contributed by atoms with Crippen molar-refractivity contribution in [1.29, 1.82) is 0 Å². The minimum Gasteiger partial charge on any atom is -0.459 e. The minimum atomic E-state index is -2.59. The Morgan fingerprint density at radius 2 is 1.34 bits per heavy atom. The van der Waals surface area contributed by atoms with E-state index in [0.717, 1.165) is 57.5 Å². The van der Waals surface area contributed by atoms with Gasteiger partial charge in [0.1, 0.15) is 30.0 Å². The van der Waals surface area contributed by atoms with Gasteiger partial charge in [0.2, 0.25) is 11.8 Å². The first-order chi connectivity index (χ1) is 41.0. The van der Waals surface area contributed by atoms with E-state index >= 15 is 0 Å². The van der Waals surface area contributed by atoms with Crippen LogP contribution in [0.4, 0.5) is 8.78 Å². The van der Waals surface area contributed by atoms with E-state index in [1.165, 1.54) is 17.5 Å². The number of aliphatic hydroxyl groups excluding tert-OH is 3. The molecule has 3 saturated heterocycles. The number of halogens is 2. The molecule has 496 valence electrons. The molecular weight excluding hydrogens is 1130 g/mol. The minimum absolute atomic E-state index is 0.0212. The third-order valence-electron chi connectivity index (χ3n) is 20.6. The molecule has 4 aliphatic rings. The van der Waals surface area contributed by atoms with Crippen LogP contribution in [-0.2, 0) is 38.0 Å². The zero-order valence-corrected chi connectivity index (χ0v) is 56.1. The largest absolute Gasteiger partial charge is 0.459 e. The third-order valence-corrected chi connectivity index (χ3v) is 25.8. The Morgan fingerprint density at radius 1 is 0.782 bits per heavy atom. The van der Waals surface area contributed by atoms with Crippen LogP contribution in [0.15, 0.2) is 60.7 Å². The molecule has 1 saturated carbocycles. The number of carbonyl (C=O) groups is 2. The summed E-state index contributed by atoms with van der Waals surface area (Å²) in [6.07, 6.45) is 3.98. The van der Waals surface area contributed by atoms with Crippen LogP contribution in [-0.4, -0.2) is 190 Å². The highest BCUT2D eigenvalue weighted by atomic mass is 31.2. The van der Waals surface area contributed by atoms with Crippen LogP contribution in [0.3, 0.4) is 0 Å². The molecule has 4 fully saturated rings. The summed E-state index contributed by atoms with van der Waals surface area (Å²) >= 11 is 0. The Kier molecular flexibility index (Phi) is 27.5. The van der Waals surface area contributed by atoms with Crippen molar-refractivity contribution in [2.24, 2.45) is 23.7 Å². The van der Waals surface area contributed by atoms with Gasteiger partial charge in [-0.05, 0) is 143 Å². The van der Waals surface area contributed by atoms with Crippen molar-refractivity contribution in [3.8, 4) is 0 Å². The number of cyclic esters (lactones) is 1. The van der Waals surface area contributed by atoms with E-state index in [2.05, 4.69) is 48.5 Å². The van der Waals surface area contributed by atoms with E-state index in [0.29, 0.717) is 32.1 Å². The second kappa shape index (κ2) is 32.7. The number of ether oxygens (including phenoxy) is 6. The average Bonchev–Trinajstić information content (AvgIpc) is 1.62. The van der Waals surface area contributed by atoms with E-state index in [-0.39, 0.29) is 75.6 Å². The van der Waals surface area contributed by atoms with Crippen molar-refractivity contribution >= 4 is 29.7 Å². The van der Waals surface area contributed by atoms with Crippen LogP contribution < -0.4 is 10.6 Å². The molecule has 0 bridgehead atoms. The molecule has 6 rings (SSSR count). The van der Waals surface area contributed by atoms with Crippen LogP contribution >= 0.6 is 7.26 Å². The van der Waals surface area contributed by atoms with Crippen molar-refractivity contribution in [3.63, 3.8) is 0 Å². The monoisotopic (exact) mass is 1250 g/mol. The lowest BCUT2D eigenvalue weighted by Crippen LogP contribution is -2.60. The molecule has 2 aromatic carbocycles. The summed E-state index contributed by atoms with van der Waals surface area (Å²) in [5, 5.41) is 63.0. The van der Waals surface area contributed by atoms with Crippen LogP contribution in [0.2, 0.25) is 0 Å². The smallest absolute Gasteiger partial charge is 0.309 e. The average molecular weight is 1250 g/mol. The molecule has 3 aliphatic heterocycles. The van der Waals surface area contributed by atoms with E-state index < -0.39 is 115 Å². The van der Waals surface area contributed by atoms with Gasteiger partial charge in [-0.2, -0.15) is 0 Å². The van der Waals surface area contributed by atoms with Crippen LogP contribution in [0.5, 0.6) is 0 Å². The number of likely N-dealkylation sites (N-methyl/N-ethyl adjacent to an activating group) is 1. The normalized spacial score (nSPS) is 36.2. The van der Waals surface area contributed by atoms with Gasteiger partial charge in [-0.15, -0.1) is 0 Å². The fourth-order valence-corrected chi connectivity index (χ4v) is 20.5. The molecule has 0 radical (unpaired) electrons. The lowest BCUT2D eigenvalue weighted by molar-refractivity contribution is -0.298. The highest BCUT2D eigenvalue weighted by Gasteiger charge is 2.54. The number of rotatable bonds is 24. The molecule has 15 nitrogen and oxygen atoms in total. The number of carbonyl (C=O) groups excluding carboxylic acids is 2. The lowest BCUT2D eigenvalue weighted by atomic mass is 9.73. The summed E-state index contributed by atoms with van der Waals surface area (Å²) in [5.74, 6) is -6.13. The van der Waals surface area contributed by atoms with Gasteiger partial charge < -0.3 is 63.8 Å². The Bertz CT molecular complexity index is 2330. The second-order valence-electron chi connectivity index (χ2n) is 27.8. The van der Waals surface area contributed by atoms with Gasteiger partial charge in [0.05, 0.1) is 90.5 Å². The molecule has 1 amide bonds. The fourth-order valence-electron chi connectivity index (χ4n) is 15.2. The van der Waals surface area contributed by atoms with Crippen LogP contribution in [0.1, 0.15) is 185 Å². The molecule has 5 N–H and O–H groups in total. The first-order valence-corrected chi connectivity index (χ1v) is 35.2. The number of hydrogen-bond donors (Lipinski definition) is 5. The number of methoxy groups -OCH3 is 1. The van der Waals surface area contributed by atoms with E-state index in [9.17, 15) is 43.9 Å².